The Balaban J connectivity index is 2.21. The van der Waals surface area contributed by atoms with Gasteiger partial charge < -0.3 is 9.84 Å². The van der Waals surface area contributed by atoms with Gasteiger partial charge in [0.2, 0.25) is 10.0 Å². The molecule has 0 saturated carbocycles. The maximum absolute atomic E-state index is 12.9. The summed E-state index contributed by atoms with van der Waals surface area (Å²) >= 11 is 0. The molecular weight excluding hydrogens is 314 g/mol. The van der Waals surface area contributed by atoms with Crippen LogP contribution in [0.15, 0.2) is 41.3 Å². The molecule has 0 spiro atoms. The second kappa shape index (κ2) is 7.57. The molecule has 0 amide bonds. The fourth-order valence-corrected chi connectivity index (χ4v) is 4.61. The van der Waals surface area contributed by atoms with Crippen molar-refractivity contribution < 1.29 is 18.3 Å². The molecule has 1 aromatic rings. The molecule has 128 valence electrons. The van der Waals surface area contributed by atoms with E-state index in [-0.39, 0.29) is 4.90 Å². The topological polar surface area (TPSA) is 66.8 Å². The Morgan fingerprint density at radius 3 is 2.48 bits per heavy atom. The molecule has 6 heteroatoms. The molecule has 0 aliphatic carbocycles. The van der Waals surface area contributed by atoms with Crippen LogP contribution in [0.2, 0.25) is 0 Å². The van der Waals surface area contributed by atoms with Crippen LogP contribution >= 0.6 is 0 Å². The van der Waals surface area contributed by atoms with E-state index in [4.69, 9.17) is 4.74 Å². The standard InChI is InChI=1S/C17H25NO4S/c1-4-5-6-7-8-15-16(19)17(22-3)18(15)23(20,21)14-11-9-13(2)10-12-14/h5-6,9-12,15-17,19H,4,7-8H2,1-3H3/b6-5+/t15-,16-,17+/m1/s1. The van der Waals surface area contributed by atoms with Crippen LogP contribution in [0.1, 0.15) is 31.7 Å². The average Bonchev–Trinajstić information content (AvgIpc) is 2.52. The van der Waals surface area contributed by atoms with Crippen molar-refractivity contribution in [3.05, 3.63) is 42.0 Å². The van der Waals surface area contributed by atoms with Gasteiger partial charge in [0.15, 0.2) is 6.23 Å². The van der Waals surface area contributed by atoms with E-state index in [1.165, 1.54) is 11.4 Å². The van der Waals surface area contributed by atoms with Gasteiger partial charge in [-0.3, -0.25) is 0 Å². The highest BCUT2D eigenvalue weighted by Crippen LogP contribution is 2.36. The second-order valence-electron chi connectivity index (χ2n) is 5.79. The Hall–Kier alpha value is -1.21. The zero-order chi connectivity index (χ0) is 17.0. The van der Waals surface area contributed by atoms with Gasteiger partial charge in [0.25, 0.3) is 0 Å². The molecule has 0 aromatic heterocycles. The Labute approximate surface area is 138 Å². The molecule has 23 heavy (non-hydrogen) atoms. The monoisotopic (exact) mass is 339 g/mol. The lowest BCUT2D eigenvalue weighted by Gasteiger charge is -2.50. The predicted molar refractivity (Wildman–Crippen MR) is 89.5 cm³/mol. The summed E-state index contributed by atoms with van der Waals surface area (Å²) in [6.07, 6.45) is 4.69. The SMILES string of the molecule is CC/C=C/CC[C@@H]1[C@@H](O)[C@H](OC)N1S(=O)(=O)c1ccc(C)cc1. The first-order chi connectivity index (χ1) is 10.9. The van der Waals surface area contributed by atoms with Crippen LogP contribution < -0.4 is 0 Å². The van der Waals surface area contributed by atoms with Crippen molar-refractivity contribution in [3.8, 4) is 0 Å². The summed E-state index contributed by atoms with van der Waals surface area (Å²) in [6.45, 7) is 3.95. The maximum Gasteiger partial charge on any atom is 0.245 e. The van der Waals surface area contributed by atoms with Crippen LogP contribution in [0.3, 0.4) is 0 Å². The lowest BCUT2D eigenvalue weighted by atomic mass is 9.96. The minimum Gasteiger partial charge on any atom is -0.387 e. The minimum atomic E-state index is -3.68. The summed E-state index contributed by atoms with van der Waals surface area (Å²) in [6, 6.07) is 6.27. The van der Waals surface area contributed by atoms with Crippen molar-refractivity contribution in [1.29, 1.82) is 0 Å². The molecule has 2 rings (SSSR count). The third kappa shape index (κ3) is 3.66. The summed E-state index contributed by atoms with van der Waals surface area (Å²) < 4.78 is 32.2. The quantitative estimate of drug-likeness (QED) is 0.775. The highest BCUT2D eigenvalue weighted by Gasteiger charge is 2.54. The van der Waals surface area contributed by atoms with Gasteiger partial charge in [-0.1, -0.05) is 36.8 Å². The predicted octanol–water partition coefficient (Wildman–Crippen LogP) is 2.45. The first-order valence-corrected chi connectivity index (χ1v) is 9.33. The Kier molecular flexibility index (Phi) is 5.97. The number of rotatable bonds is 7. The van der Waals surface area contributed by atoms with E-state index in [1.807, 2.05) is 26.0 Å². The van der Waals surface area contributed by atoms with Gasteiger partial charge in [-0.25, -0.2) is 8.42 Å². The number of nitrogens with zero attached hydrogens (tertiary/aromatic N) is 1. The molecule has 0 bridgehead atoms. The molecule has 0 radical (unpaired) electrons. The first kappa shape index (κ1) is 18.1. The highest BCUT2D eigenvalue weighted by molar-refractivity contribution is 7.89. The van der Waals surface area contributed by atoms with Gasteiger partial charge in [-0.15, -0.1) is 0 Å². The van der Waals surface area contributed by atoms with Crippen molar-refractivity contribution >= 4 is 10.0 Å². The van der Waals surface area contributed by atoms with E-state index in [9.17, 15) is 13.5 Å². The molecule has 1 aliphatic rings. The summed E-state index contributed by atoms with van der Waals surface area (Å²) in [5, 5.41) is 10.2. The molecule has 5 nitrogen and oxygen atoms in total. The van der Waals surface area contributed by atoms with Crippen LogP contribution in [-0.2, 0) is 14.8 Å². The highest BCUT2D eigenvalue weighted by atomic mass is 32.2. The third-order valence-corrected chi connectivity index (χ3v) is 6.03. The lowest BCUT2D eigenvalue weighted by Crippen LogP contribution is -2.69. The minimum absolute atomic E-state index is 0.228. The van der Waals surface area contributed by atoms with Crippen LogP contribution in [0, 0.1) is 6.92 Å². The van der Waals surface area contributed by atoms with Crippen molar-refractivity contribution in [3.63, 3.8) is 0 Å². The van der Waals surface area contributed by atoms with Crippen LogP contribution in [0.4, 0.5) is 0 Å². The molecule has 1 heterocycles. The lowest BCUT2D eigenvalue weighted by molar-refractivity contribution is -0.185. The van der Waals surface area contributed by atoms with Crippen molar-refractivity contribution in [1.82, 2.24) is 4.31 Å². The van der Waals surface area contributed by atoms with Gasteiger partial charge in [0.1, 0.15) is 6.10 Å². The number of ether oxygens (including phenoxy) is 1. The molecule has 1 N–H and O–H groups in total. The molecule has 1 aliphatic heterocycles. The van der Waals surface area contributed by atoms with Crippen LogP contribution in [-0.4, -0.2) is 43.3 Å². The second-order valence-corrected chi connectivity index (χ2v) is 7.63. The number of methoxy groups -OCH3 is 1. The summed E-state index contributed by atoms with van der Waals surface area (Å²) in [5.41, 5.74) is 0.997. The fourth-order valence-electron chi connectivity index (χ4n) is 2.82. The number of aliphatic hydroxyl groups is 1. The number of allylic oxidation sites excluding steroid dienone is 2. The van der Waals surface area contributed by atoms with E-state index in [0.29, 0.717) is 6.42 Å². The van der Waals surface area contributed by atoms with Gasteiger partial charge >= 0.3 is 0 Å². The summed E-state index contributed by atoms with van der Waals surface area (Å²) in [4.78, 5) is 0.228. The van der Waals surface area contributed by atoms with Crippen LogP contribution in [0.25, 0.3) is 0 Å². The van der Waals surface area contributed by atoms with E-state index < -0.39 is 28.4 Å². The number of aryl methyl sites for hydroxylation is 1. The Bertz CT molecular complexity index is 639. The molecule has 0 unspecified atom stereocenters. The number of hydrogen-bond acceptors (Lipinski definition) is 4. The van der Waals surface area contributed by atoms with E-state index in [2.05, 4.69) is 0 Å². The van der Waals surface area contributed by atoms with Gasteiger partial charge in [0, 0.05) is 7.11 Å². The van der Waals surface area contributed by atoms with E-state index in [0.717, 1.165) is 18.4 Å². The normalized spacial score (nSPS) is 25.7. The van der Waals surface area contributed by atoms with Crippen LogP contribution in [0.5, 0.6) is 0 Å². The van der Waals surface area contributed by atoms with Gasteiger partial charge in [-0.05, 0) is 38.3 Å². The summed E-state index contributed by atoms with van der Waals surface area (Å²) in [5.74, 6) is 0. The summed E-state index contributed by atoms with van der Waals surface area (Å²) in [7, 11) is -2.27. The molecule has 1 saturated heterocycles. The third-order valence-electron chi connectivity index (χ3n) is 4.13. The van der Waals surface area contributed by atoms with Crippen molar-refractivity contribution in [2.24, 2.45) is 0 Å². The molecule has 1 aromatic carbocycles. The molecule has 1 fully saturated rings. The number of hydrogen-bond donors (Lipinski definition) is 1. The first-order valence-electron chi connectivity index (χ1n) is 7.89. The maximum atomic E-state index is 12.9. The Morgan fingerprint density at radius 2 is 1.91 bits per heavy atom. The largest absolute Gasteiger partial charge is 0.387 e. The molecular formula is C17H25NO4S. The van der Waals surface area contributed by atoms with E-state index in [1.54, 1.807) is 24.3 Å². The number of sulfonamides is 1. The zero-order valence-electron chi connectivity index (χ0n) is 13.8. The van der Waals surface area contributed by atoms with Gasteiger partial charge in [0.05, 0.1) is 10.9 Å². The molecule has 3 atom stereocenters. The smallest absolute Gasteiger partial charge is 0.245 e. The van der Waals surface area contributed by atoms with Gasteiger partial charge in [-0.2, -0.15) is 4.31 Å². The number of aliphatic hydroxyl groups excluding tert-OH is 1. The number of benzene rings is 1. The Morgan fingerprint density at radius 1 is 1.26 bits per heavy atom. The fraction of sp³-hybridized carbons (Fsp3) is 0.529. The average molecular weight is 339 g/mol. The zero-order valence-corrected chi connectivity index (χ0v) is 14.7. The van der Waals surface area contributed by atoms with Crippen molar-refractivity contribution in [2.75, 3.05) is 7.11 Å². The van der Waals surface area contributed by atoms with E-state index >= 15 is 0 Å². The van der Waals surface area contributed by atoms with Crippen molar-refractivity contribution in [2.45, 2.75) is 56.4 Å².